The second-order valence-electron chi connectivity index (χ2n) is 4.43. The number of nitrogens with zero attached hydrogens (tertiary/aromatic N) is 2. The standard InChI is InChI=1S/C14H17F2N3O/c1-4-17-8-10-9(2)18-19(3)14(10)20-12-7-5-6-11(15)13(12)16/h5-7,17H,4,8H2,1-3H3. The molecule has 0 amide bonds. The smallest absolute Gasteiger partial charge is 0.222 e. The summed E-state index contributed by atoms with van der Waals surface area (Å²) in [6.07, 6.45) is 0. The zero-order chi connectivity index (χ0) is 14.7. The molecule has 0 saturated carbocycles. The average molecular weight is 281 g/mol. The summed E-state index contributed by atoms with van der Waals surface area (Å²) in [4.78, 5) is 0. The van der Waals surface area contributed by atoms with Crippen molar-refractivity contribution in [1.29, 1.82) is 0 Å². The fraction of sp³-hybridized carbons (Fsp3) is 0.357. The summed E-state index contributed by atoms with van der Waals surface area (Å²) in [5, 5.41) is 7.42. The molecular formula is C14H17F2N3O. The first-order chi connectivity index (χ1) is 9.54. The molecule has 0 bridgehead atoms. The molecular weight excluding hydrogens is 264 g/mol. The topological polar surface area (TPSA) is 39.1 Å². The predicted molar refractivity (Wildman–Crippen MR) is 71.8 cm³/mol. The number of aromatic nitrogens is 2. The Morgan fingerprint density at radius 1 is 1.35 bits per heavy atom. The Bertz CT molecular complexity index is 611. The fourth-order valence-corrected chi connectivity index (χ4v) is 1.93. The van der Waals surface area contributed by atoms with E-state index in [1.165, 1.54) is 16.8 Å². The van der Waals surface area contributed by atoms with Crippen LogP contribution in [-0.4, -0.2) is 16.3 Å². The summed E-state index contributed by atoms with van der Waals surface area (Å²) < 4.78 is 33.9. The van der Waals surface area contributed by atoms with Crippen molar-refractivity contribution < 1.29 is 13.5 Å². The Labute approximate surface area is 116 Å². The van der Waals surface area contributed by atoms with Crippen molar-refractivity contribution in [2.75, 3.05) is 6.54 Å². The van der Waals surface area contributed by atoms with Gasteiger partial charge >= 0.3 is 0 Å². The first-order valence-electron chi connectivity index (χ1n) is 6.39. The van der Waals surface area contributed by atoms with Gasteiger partial charge in [0.1, 0.15) is 0 Å². The van der Waals surface area contributed by atoms with Gasteiger partial charge in [-0.25, -0.2) is 9.07 Å². The maximum atomic E-state index is 13.7. The summed E-state index contributed by atoms with van der Waals surface area (Å²) in [7, 11) is 1.70. The highest BCUT2D eigenvalue weighted by molar-refractivity contribution is 5.36. The van der Waals surface area contributed by atoms with Gasteiger partial charge in [0.05, 0.1) is 11.3 Å². The van der Waals surface area contributed by atoms with Gasteiger partial charge in [0.25, 0.3) is 0 Å². The van der Waals surface area contributed by atoms with Crippen LogP contribution >= 0.6 is 0 Å². The second kappa shape index (κ2) is 6.00. The zero-order valence-corrected chi connectivity index (χ0v) is 11.7. The minimum Gasteiger partial charge on any atom is -0.436 e. The maximum absolute atomic E-state index is 13.7. The summed E-state index contributed by atoms with van der Waals surface area (Å²) in [5.74, 6) is -1.67. The minimum absolute atomic E-state index is 0.147. The summed E-state index contributed by atoms with van der Waals surface area (Å²) >= 11 is 0. The molecule has 0 unspecified atom stereocenters. The molecule has 0 saturated heterocycles. The number of rotatable bonds is 5. The lowest BCUT2D eigenvalue weighted by molar-refractivity contribution is 0.383. The van der Waals surface area contributed by atoms with E-state index in [1.807, 2.05) is 13.8 Å². The molecule has 0 aliphatic rings. The van der Waals surface area contributed by atoms with Crippen LogP contribution in [0, 0.1) is 18.6 Å². The number of benzene rings is 1. The van der Waals surface area contributed by atoms with Crippen molar-refractivity contribution in [2.24, 2.45) is 7.05 Å². The van der Waals surface area contributed by atoms with Crippen LogP contribution < -0.4 is 10.1 Å². The predicted octanol–water partition coefficient (Wildman–Crippen LogP) is 2.91. The number of hydrogen-bond acceptors (Lipinski definition) is 3. The molecule has 2 aromatic rings. The fourth-order valence-electron chi connectivity index (χ4n) is 1.93. The van der Waals surface area contributed by atoms with Gasteiger partial charge in [-0.1, -0.05) is 13.0 Å². The lowest BCUT2D eigenvalue weighted by atomic mass is 10.2. The quantitative estimate of drug-likeness (QED) is 0.916. The molecule has 0 aliphatic carbocycles. The lowest BCUT2D eigenvalue weighted by Gasteiger charge is -2.10. The van der Waals surface area contributed by atoms with Gasteiger partial charge in [0.15, 0.2) is 11.6 Å². The van der Waals surface area contributed by atoms with Crippen LogP contribution in [0.25, 0.3) is 0 Å². The van der Waals surface area contributed by atoms with Gasteiger partial charge in [0, 0.05) is 13.6 Å². The lowest BCUT2D eigenvalue weighted by Crippen LogP contribution is -2.13. The molecule has 2 rings (SSSR count). The van der Waals surface area contributed by atoms with Crippen LogP contribution in [0.3, 0.4) is 0 Å². The Morgan fingerprint density at radius 2 is 2.10 bits per heavy atom. The maximum Gasteiger partial charge on any atom is 0.222 e. The van der Waals surface area contributed by atoms with Crippen LogP contribution in [0.15, 0.2) is 18.2 Å². The van der Waals surface area contributed by atoms with Gasteiger partial charge in [-0.2, -0.15) is 9.49 Å². The third-order valence-corrected chi connectivity index (χ3v) is 2.96. The highest BCUT2D eigenvalue weighted by Gasteiger charge is 2.17. The molecule has 0 aliphatic heterocycles. The van der Waals surface area contributed by atoms with Crippen LogP contribution in [0.2, 0.25) is 0 Å². The second-order valence-corrected chi connectivity index (χ2v) is 4.43. The van der Waals surface area contributed by atoms with Gasteiger partial charge in [-0.05, 0) is 25.6 Å². The zero-order valence-electron chi connectivity index (χ0n) is 11.7. The van der Waals surface area contributed by atoms with Gasteiger partial charge in [-0.15, -0.1) is 0 Å². The van der Waals surface area contributed by atoms with E-state index in [4.69, 9.17) is 4.74 Å². The van der Waals surface area contributed by atoms with E-state index < -0.39 is 11.6 Å². The third-order valence-electron chi connectivity index (χ3n) is 2.96. The first kappa shape index (κ1) is 14.5. The minimum atomic E-state index is -0.999. The van der Waals surface area contributed by atoms with E-state index in [2.05, 4.69) is 10.4 Å². The van der Waals surface area contributed by atoms with Crippen molar-refractivity contribution in [2.45, 2.75) is 20.4 Å². The molecule has 0 fully saturated rings. The van der Waals surface area contributed by atoms with Crippen LogP contribution in [0.4, 0.5) is 8.78 Å². The highest BCUT2D eigenvalue weighted by atomic mass is 19.2. The van der Waals surface area contributed by atoms with Crippen molar-refractivity contribution in [3.05, 3.63) is 41.1 Å². The van der Waals surface area contributed by atoms with Gasteiger partial charge < -0.3 is 10.1 Å². The molecule has 0 spiro atoms. The van der Waals surface area contributed by atoms with Crippen molar-refractivity contribution in [3.63, 3.8) is 0 Å². The third kappa shape index (κ3) is 2.80. The van der Waals surface area contributed by atoms with E-state index >= 15 is 0 Å². The van der Waals surface area contributed by atoms with Crippen LogP contribution in [0.1, 0.15) is 18.2 Å². The van der Waals surface area contributed by atoms with Crippen LogP contribution in [-0.2, 0) is 13.6 Å². The average Bonchev–Trinajstić information content (AvgIpc) is 2.67. The molecule has 0 radical (unpaired) electrons. The van der Waals surface area contributed by atoms with Crippen molar-refractivity contribution in [3.8, 4) is 11.6 Å². The van der Waals surface area contributed by atoms with Crippen molar-refractivity contribution >= 4 is 0 Å². The number of aryl methyl sites for hydroxylation is 2. The number of ether oxygens (including phenoxy) is 1. The summed E-state index contributed by atoms with van der Waals surface area (Å²) in [6, 6.07) is 3.84. The van der Waals surface area contributed by atoms with Crippen molar-refractivity contribution in [1.82, 2.24) is 15.1 Å². The molecule has 1 N–H and O–H groups in total. The SMILES string of the molecule is CCNCc1c(C)nn(C)c1Oc1cccc(F)c1F. The normalized spacial score (nSPS) is 10.8. The largest absolute Gasteiger partial charge is 0.436 e. The summed E-state index contributed by atoms with van der Waals surface area (Å²) in [6.45, 7) is 5.19. The molecule has 4 nitrogen and oxygen atoms in total. The van der Waals surface area contributed by atoms with E-state index in [0.717, 1.165) is 23.9 Å². The van der Waals surface area contributed by atoms with E-state index in [9.17, 15) is 8.78 Å². The van der Waals surface area contributed by atoms with E-state index in [1.54, 1.807) is 7.05 Å². The number of nitrogens with one attached hydrogen (secondary N) is 1. The molecule has 1 aromatic carbocycles. The Kier molecular flexibility index (Phi) is 4.34. The number of halogens is 2. The summed E-state index contributed by atoms with van der Waals surface area (Å²) in [5.41, 5.74) is 1.62. The molecule has 1 heterocycles. The van der Waals surface area contributed by atoms with Crippen LogP contribution in [0.5, 0.6) is 11.6 Å². The Morgan fingerprint density at radius 3 is 2.80 bits per heavy atom. The molecule has 108 valence electrons. The highest BCUT2D eigenvalue weighted by Crippen LogP contribution is 2.29. The Balaban J connectivity index is 2.35. The Hall–Kier alpha value is -1.95. The molecule has 20 heavy (non-hydrogen) atoms. The van der Waals surface area contributed by atoms with Gasteiger partial charge in [0.2, 0.25) is 11.7 Å². The molecule has 6 heteroatoms. The van der Waals surface area contributed by atoms with E-state index in [-0.39, 0.29) is 5.75 Å². The van der Waals surface area contributed by atoms with E-state index in [0.29, 0.717) is 12.4 Å². The molecule has 1 aromatic heterocycles. The monoisotopic (exact) mass is 281 g/mol. The number of hydrogen-bond donors (Lipinski definition) is 1. The molecule has 0 atom stereocenters. The van der Waals surface area contributed by atoms with Gasteiger partial charge in [-0.3, -0.25) is 0 Å². The first-order valence-corrected chi connectivity index (χ1v) is 6.39.